The van der Waals surface area contributed by atoms with Gasteiger partial charge in [-0.2, -0.15) is 13.2 Å². The van der Waals surface area contributed by atoms with Crippen molar-refractivity contribution in [1.82, 2.24) is 14.9 Å². The van der Waals surface area contributed by atoms with Gasteiger partial charge in [0, 0.05) is 19.5 Å². The molecule has 0 fully saturated rings. The number of carbonyl (C=O) groups is 1. The van der Waals surface area contributed by atoms with E-state index in [-0.39, 0.29) is 30.2 Å². The summed E-state index contributed by atoms with van der Waals surface area (Å²) in [5, 5.41) is 3.28. The quantitative estimate of drug-likeness (QED) is 0.607. The lowest BCUT2D eigenvalue weighted by Crippen LogP contribution is -2.24. The molecule has 30 heavy (non-hydrogen) atoms. The predicted molar refractivity (Wildman–Crippen MR) is 105 cm³/mol. The molecular weight excluding hydrogens is 399 g/mol. The molecule has 158 valence electrons. The smallest absolute Gasteiger partial charge is 0.422 e. The van der Waals surface area contributed by atoms with Crippen LogP contribution in [0.4, 0.5) is 13.2 Å². The van der Waals surface area contributed by atoms with Crippen molar-refractivity contribution >= 4 is 16.8 Å². The number of ether oxygens (including phenoxy) is 1. The maximum absolute atomic E-state index is 12.4. The molecule has 1 heterocycles. The van der Waals surface area contributed by atoms with E-state index in [1.807, 2.05) is 6.07 Å². The van der Waals surface area contributed by atoms with Gasteiger partial charge in [-0.25, -0.2) is 4.98 Å². The summed E-state index contributed by atoms with van der Waals surface area (Å²) in [6, 6.07) is 13.1. The second-order valence-corrected chi connectivity index (χ2v) is 6.69. The number of para-hydroxylation sites is 1. The number of alkyl halides is 3. The molecule has 0 radical (unpaired) electrons. The minimum absolute atomic E-state index is 0.108. The number of hydrogen-bond donors (Lipinski definition) is 1. The molecule has 3 aromatic rings. The number of carbonyl (C=O) groups excluding carboxylic acids is 1. The van der Waals surface area contributed by atoms with E-state index in [0.29, 0.717) is 23.9 Å². The van der Waals surface area contributed by atoms with Gasteiger partial charge >= 0.3 is 6.18 Å². The van der Waals surface area contributed by atoms with Crippen LogP contribution in [0.5, 0.6) is 5.75 Å². The first-order valence-electron chi connectivity index (χ1n) is 9.31. The maximum Gasteiger partial charge on any atom is 0.422 e. The highest BCUT2D eigenvalue weighted by Gasteiger charge is 2.28. The Morgan fingerprint density at radius 3 is 2.57 bits per heavy atom. The number of aromatic nitrogens is 2. The Morgan fingerprint density at radius 2 is 1.83 bits per heavy atom. The van der Waals surface area contributed by atoms with Gasteiger partial charge in [0.2, 0.25) is 5.91 Å². The molecule has 1 aromatic heterocycles. The average molecular weight is 419 g/mol. The molecule has 0 aliphatic rings. The second kappa shape index (κ2) is 9.43. The van der Waals surface area contributed by atoms with Gasteiger partial charge < -0.3 is 10.1 Å². The lowest BCUT2D eigenvalue weighted by Gasteiger charge is -2.10. The molecule has 3 rings (SSSR count). The molecule has 1 N–H and O–H groups in total. The van der Waals surface area contributed by atoms with Crippen LogP contribution in [0.25, 0.3) is 10.9 Å². The summed E-state index contributed by atoms with van der Waals surface area (Å²) in [5.41, 5.74) is 1.22. The fourth-order valence-corrected chi connectivity index (χ4v) is 2.83. The summed E-state index contributed by atoms with van der Waals surface area (Å²) in [7, 11) is 0. The largest absolute Gasteiger partial charge is 0.484 e. The number of nitrogens with one attached hydrogen (secondary N) is 1. The standard InChI is InChI=1S/C21H20F3N3O3/c22-21(23,24)13-30-16-9-7-15(8-10-16)12-25-19(28)6-3-11-27-14-26-18-5-2-1-4-17(18)20(27)29/h1-2,4-5,7-10,14H,3,6,11-13H2,(H,25,28). The monoisotopic (exact) mass is 419 g/mol. The zero-order valence-corrected chi connectivity index (χ0v) is 16.0. The van der Waals surface area contributed by atoms with Crippen LogP contribution in [-0.2, 0) is 17.9 Å². The van der Waals surface area contributed by atoms with E-state index in [2.05, 4.69) is 15.0 Å². The first-order valence-corrected chi connectivity index (χ1v) is 9.31. The lowest BCUT2D eigenvalue weighted by molar-refractivity contribution is -0.153. The molecule has 6 nitrogen and oxygen atoms in total. The van der Waals surface area contributed by atoms with Gasteiger partial charge in [0.25, 0.3) is 5.56 Å². The van der Waals surface area contributed by atoms with E-state index in [1.54, 1.807) is 30.3 Å². The van der Waals surface area contributed by atoms with Crippen molar-refractivity contribution in [3.05, 3.63) is 70.8 Å². The van der Waals surface area contributed by atoms with Crippen LogP contribution in [0, 0.1) is 0 Å². The number of fused-ring (bicyclic) bond motifs is 1. The van der Waals surface area contributed by atoms with Crippen molar-refractivity contribution in [2.75, 3.05) is 6.61 Å². The number of benzene rings is 2. The van der Waals surface area contributed by atoms with Crippen LogP contribution in [0.3, 0.4) is 0 Å². The predicted octanol–water partition coefficient (Wildman–Crippen LogP) is 3.43. The average Bonchev–Trinajstić information content (AvgIpc) is 2.73. The van der Waals surface area contributed by atoms with E-state index >= 15 is 0 Å². The number of nitrogens with zero attached hydrogens (tertiary/aromatic N) is 2. The van der Waals surface area contributed by atoms with Crippen LogP contribution < -0.4 is 15.6 Å². The summed E-state index contributed by atoms with van der Waals surface area (Å²) in [5.74, 6) is -0.0777. The SMILES string of the molecule is O=C(CCCn1cnc2ccccc2c1=O)NCc1ccc(OCC(F)(F)F)cc1. The molecule has 0 saturated heterocycles. The van der Waals surface area contributed by atoms with Gasteiger partial charge in [0.1, 0.15) is 5.75 Å². The molecule has 0 bridgehead atoms. The van der Waals surface area contributed by atoms with Crippen LogP contribution in [0.2, 0.25) is 0 Å². The van der Waals surface area contributed by atoms with Crippen molar-refractivity contribution in [2.24, 2.45) is 0 Å². The van der Waals surface area contributed by atoms with E-state index in [1.165, 1.54) is 23.0 Å². The summed E-state index contributed by atoms with van der Waals surface area (Å²) in [6.45, 7) is -0.732. The fraction of sp³-hybridized carbons (Fsp3) is 0.286. The summed E-state index contributed by atoms with van der Waals surface area (Å²) >= 11 is 0. The topological polar surface area (TPSA) is 73.2 Å². The molecule has 0 aliphatic carbocycles. The summed E-state index contributed by atoms with van der Waals surface area (Å²) < 4.78 is 42.5. The van der Waals surface area contributed by atoms with E-state index in [9.17, 15) is 22.8 Å². The van der Waals surface area contributed by atoms with Gasteiger partial charge in [-0.3, -0.25) is 14.2 Å². The number of aryl methyl sites for hydroxylation is 1. The van der Waals surface area contributed by atoms with Crippen molar-refractivity contribution in [3.63, 3.8) is 0 Å². The first kappa shape index (κ1) is 21.4. The fourth-order valence-electron chi connectivity index (χ4n) is 2.83. The van der Waals surface area contributed by atoms with Gasteiger partial charge in [-0.05, 0) is 36.2 Å². The number of amides is 1. The maximum atomic E-state index is 12.4. The number of hydrogen-bond acceptors (Lipinski definition) is 4. The molecule has 9 heteroatoms. The van der Waals surface area contributed by atoms with Gasteiger partial charge in [-0.15, -0.1) is 0 Å². The van der Waals surface area contributed by atoms with Crippen LogP contribution in [-0.4, -0.2) is 28.2 Å². The third-order valence-electron chi connectivity index (χ3n) is 4.35. The highest BCUT2D eigenvalue weighted by atomic mass is 19.4. The molecule has 0 atom stereocenters. The Hall–Kier alpha value is -3.36. The Morgan fingerprint density at radius 1 is 1.10 bits per heavy atom. The Balaban J connectivity index is 1.43. The molecular formula is C21H20F3N3O3. The normalized spacial score (nSPS) is 11.4. The number of halogens is 3. The van der Waals surface area contributed by atoms with Gasteiger partial charge in [0.15, 0.2) is 6.61 Å². The highest BCUT2D eigenvalue weighted by Crippen LogP contribution is 2.18. The Kier molecular flexibility index (Phi) is 6.71. The summed E-state index contributed by atoms with van der Waals surface area (Å²) in [6.07, 6.45) is -2.21. The number of rotatable bonds is 8. The zero-order chi connectivity index (χ0) is 21.6. The summed E-state index contributed by atoms with van der Waals surface area (Å²) in [4.78, 5) is 28.7. The molecule has 2 aromatic carbocycles. The lowest BCUT2D eigenvalue weighted by atomic mass is 10.2. The van der Waals surface area contributed by atoms with Gasteiger partial charge in [-0.1, -0.05) is 24.3 Å². The first-order chi connectivity index (χ1) is 14.3. The molecule has 0 saturated carbocycles. The Labute approximate surface area is 170 Å². The second-order valence-electron chi connectivity index (χ2n) is 6.69. The van der Waals surface area contributed by atoms with Crippen LogP contribution in [0.1, 0.15) is 18.4 Å². The molecule has 1 amide bonds. The Bertz CT molecular complexity index is 1060. The molecule has 0 spiro atoms. The van der Waals surface area contributed by atoms with E-state index in [0.717, 1.165) is 5.56 Å². The van der Waals surface area contributed by atoms with Crippen molar-refractivity contribution in [2.45, 2.75) is 32.1 Å². The van der Waals surface area contributed by atoms with Crippen LogP contribution in [0.15, 0.2) is 59.7 Å². The van der Waals surface area contributed by atoms with Gasteiger partial charge in [0.05, 0.1) is 17.2 Å². The highest BCUT2D eigenvalue weighted by molar-refractivity contribution is 5.77. The molecule has 0 unspecified atom stereocenters. The minimum Gasteiger partial charge on any atom is -0.484 e. The van der Waals surface area contributed by atoms with E-state index in [4.69, 9.17) is 0 Å². The minimum atomic E-state index is -4.39. The van der Waals surface area contributed by atoms with Crippen molar-refractivity contribution in [1.29, 1.82) is 0 Å². The third-order valence-corrected chi connectivity index (χ3v) is 4.35. The van der Waals surface area contributed by atoms with Crippen LogP contribution >= 0.6 is 0 Å². The van der Waals surface area contributed by atoms with Crippen molar-refractivity contribution in [3.8, 4) is 5.75 Å². The third kappa shape index (κ3) is 6.07. The molecule has 0 aliphatic heterocycles. The zero-order valence-electron chi connectivity index (χ0n) is 16.0. The van der Waals surface area contributed by atoms with Crippen molar-refractivity contribution < 1.29 is 22.7 Å². The van der Waals surface area contributed by atoms with E-state index < -0.39 is 12.8 Å².